The number of ether oxygens (including phenoxy) is 1. The average molecular weight is 650 g/mol. The number of benzene rings is 1. The number of aromatic nitrogens is 5. The number of nitrogens with zero attached hydrogens (tertiary/aromatic N) is 7. The Kier molecular flexibility index (Phi) is 7.50. The molecule has 0 bridgehead atoms. The second-order valence-corrected chi connectivity index (χ2v) is 12.4. The van der Waals surface area contributed by atoms with Crippen LogP contribution < -0.4 is 20.0 Å². The predicted molar refractivity (Wildman–Crippen MR) is 174 cm³/mol. The molecule has 0 spiro atoms. The molecular weight excluding hydrogens is 619 g/mol. The van der Waals surface area contributed by atoms with Crippen LogP contribution in [-0.2, 0) is 0 Å². The zero-order valence-corrected chi connectivity index (χ0v) is 26.1. The minimum atomic E-state index is -1.31. The maximum atomic E-state index is 13.3. The number of nitrogens with one attached hydrogen (secondary N) is 1. The first-order valence-corrected chi connectivity index (χ1v) is 15.3. The number of anilines is 2. The second kappa shape index (κ2) is 11.5. The van der Waals surface area contributed by atoms with Crippen molar-refractivity contribution in [2.24, 2.45) is 0 Å². The first-order valence-electron chi connectivity index (χ1n) is 14.6. The van der Waals surface area contributed by atoms with E-state index in [4.69, 9.17) is 27.9 Å². The molecule has 0 radical (unpaired) electrons. The molecule has 0 unspecified atom stereocenters. The highest BCUT2D eigenvalue weighted by atomic mass is 35.5. The number of rotatable bonds is 8. The van der Waals surface area contributed by atoms with Crippen LogP contribution in [0.3, 0.4) is 0 Å². The molecular formula is C31H30Cl2N8O4. The highest BCUT2D eigenvalue weighted by molar-refractivity contribution is 6.34. The fourth-order valence-electron chi connectivity index (χ4n) is 6.03. The molecule has 7 rings (SSSR count). The largest absolute Gasteiger partial charge is 0.477 e. The van der Waals surface area contributed by atoms with Crippen LogP contribution >= 0.6 is 23.2 Å². The van der Waals surface area contributed by atoms with E-state index in [2.05, 4.69) is 48.7 Å². The smallest absolute Gasteiger partial charge is 0.341 e. The van der Waals surface area contributed by atoms with Crippen LogP contribution in [0.15, 0.2) is 53.8 Å². The molecule has 1 aromatic carbocycles. The maximum Gasteiger partial charge on any atom is 0.341 e. The Morgan fingerprint density at radius 1 is 1.16 bits per heavy atom. The Labute approximate surface area is 267 Å². The third-order valence-corrected chi connectivity index (χ3v) is 9.23. The Bertz CT molecular complexity index is 1990. The van der Waals surface area contributed by atoms with Crippen molar-refractivity contribution >= 4 is 62.7 Å². The van der Waals surface area contributed by atoms with Crippen molar-refractivity contribution in [3.63, 3.8) is 0 Å². The van der Waals surface area contributed by atoms with Crippen LogP contribution in [0.2, 0.25) is 10.0 Å². The predicted octanol–water partition coefficient (Wildman–Crippen LogP) is 4.46. The summed E-state index contributed by atoms with van der Waals surface area (Å²) in [6, 6.07) is 9.35. The lowest BCUT2D eigenvalue weighted by molar-refractivity contribution is 0.0695. The quantitative estimate of drug-likeness (QED) is 0.248. The molecule has 6 heterocycles. The number of aromatic carboxylic acids is 1. The summed E-state index contributed by atoms with van der Waals surface area (Å²) in [5.41, 5.74) is 2.15. The monoisotopic (exact) mass is 648 g/mol. The molecule has 2 saturated heterocycles. The van der Waals surface area contributed by atoms with Crippen LogP contribution in [-0.4, -0.2) is 92.9 Å². The topological polar surface area (TPSA) is 133 Å². The van der Waals surface area contributed by atoms with Gasteiger partial charge in [0.1, 0.15) is 23.0 Å². The molecule has 0 saturated carbocycles. The van der Waals surface area contributed by atoms with Crippen LogP contribution in [0, 0.1) is 0 Å². The first-order chi connectivity index (χ1) is 21.7. The van der Waals surface area contributed by atoms with E-state index in [1.165, 1.54) is 6.20 Å². The molecule has 232 valence electrons. The van der Waals surface area contributed by atoms with Crippen molar-refractivity contribution in [2.75, 3.05) is 50.1 Å². The Balaban J connectivity index is 1.22. The van der Waals surface area contributed by atoms with Crippen LogP contribution in [0.5, 0.6) is 5.88 Å². The van der Waals surface area contributed by atoms with E-state index in [0.29, 0.717) is 51.1 Å². The molecule has 2 aliphatic rings. The summed E-state index contributed by atoms with van der Waals surface area (Å²) in [5.74, 6) is -0.174. The van der Waals surface area contributed by atoms with Gasteiger partial charge in [0.2, 0.25) is 11.3 Å². The minimum Gasteiger partial charge on any atom is -0.477 e. The van der Waals surface area contributed by atoms with Gasteiger partial charge in [-0.05, 0) is 57.3 Å². The van der Waals surface area contributed by atoms with E-state index in [1.807, 2.05) is 18.2 Å². The number of imidazole rings is 1. The average Bonchev–Trinajstić information content (AvgIpc) is 3.64. The van der Waals surface area contributed by atoms with Gasteiger partial charge in [0.15, 0.2) is 5.65 Å². The number of fused-ring (bicyclic) bond motifs is 2. The van der Waals surface area contributed by atoms with Gasteiger partial charge in [-0.1, -0.05) is 23.2 Å². The van der Waals surface area contributed by atoms with Crippen LogP contribution in [0.4, 0.5) is 11.5 Å². The van der Waals surface area contributed by atoms with Gasteiger partial charge >= 0.3 is 5.97 Å². The number of carboxylic acid groups (broad SMARTS) is 1. The number of hydrogen-bond donors (Lipinski definition) is 2. The van der Waals surface area contributed by atoms with Crippen LogP contribution in [0.25, 0.3) is 27.8 Å². The summed E-state index contributed by atoms with van der Waals surface area (Å²) < 4.78 is 7.77. The molecule has 4 aromatic heterocycles. The van der Waals surface area contributed by atoms with E-state index in [0.717, 1.165) is 43.8 Å². The van der Waals surface area contributed by atoms with Gasteiger partial charge in [-0.2, -0.15) is 4.98 Å². The normalized spacial score (nSPS) is 17.0. The molecule has 14 heteroatoms. The van der Waals surface area contributed by atoms with Crippen molar-refractivity contribution in [3.8, 4) is 11.6 Å². The van der Waals surface area contributed by atoms with Crippen molar-refractivity contribution in [1.82, 2.24) is 29.4 Å². The number of likely N-dealkylation sites (N-methyl/N-ethyl adjacent to an activating group) is 1. The lowest BCUT2D eigenvalue weighted by Gasteiger charge is -2.43. The molecule has 5 aromatic rings. The molecule has 12 nitrogen and oxygen atoms in total. The molecule has 45 heavy (non-hydrogen) atoms. The van der Waals surface area contributed by atoms with Gasteiger partial charge in [0.05, 0.1) is 46.0 Å². The van der Waals surface area contributed by atoms with Crippen molar-refractivity contribution in [3.05, 3.63) is 74.9 Å². The lowest BCUT2D eigenvalue weighted by Crippen LogP contribution is -2.57. The third-order valence-electron chi connectivity index (χ3n) is 8.66. The summed E-state index contributed by atoms with van der Waals surface area (Å²) >= 11 is 13.2. The van der Waals surface area contributed by atoms with Crippen molar-refractivity contribution in [2.45, 2.75) is 24.9 Å². The summed E-state index contributed by atoms with van der Waals surface area (Å²) in [7, 11) is 4.12. The molecule has 0 amide bonds. The van der Waals surface area contributed by atoms with Gasteiger partial charge in [-0.25, -0.2) is 14.8 Å². The van der Waals surface area contributed by atoms with Crippen LogP contribution in [0.1, 0.15) is 23.2 Å². The molecule has 2 fully saturated rings. The van der Waals surface area contributed by atoms with Gasteiger partial charge in [0.25, 0.3) is 0 Å². The second-order valence-electron chi connectivity index (χ2n) is 11.6. The molecule has 2 N–H and O–H groups in total. The van der Waals surface area contributed by atoms with Gasteiger partial charge in [-0.15, -0.1) is 0 Å². The number of pyridine rings is 3. The van der Waals surface area contributed by atoms with Gasteiger partial charge in [0, 0.05) is 37.3 Å². The van der Waals surface area contributed by atoms with E-state index in [9.17, 15) is 14.7 Å². The summed E-state index contributed by atoms with van der Waals surface area (Å²) in [6.07, 6.45) is 6.35. The van der Waals surface area contributed by atoms with Crippen molar-refractivity contribution in [1.29, 1.82) is 0 Å². The Morgan fingerprint density at radius 3 is 2.71 bits per heavy atom. The van der Waals surface area contributed by atoms with E-state index in [-0.39, 0.29) is 17.0 Å². The first kappa shape index (κ1) is 29.3. The summed E-state index contributed by atoms with van der Waals surface area (Å²) in [4.78, 5) is 48.2. The fraction of sp³-hybridized carbons (Fsp3) is 0.323. The minimum absolute atomic E-state index is 0.0466. The van der Waals surface area contributed by atoms with E-state index >= 15 is 0 Å². The molecule has 0 aliphatic carbocycles. The van der Waals surface area contributed by atoms with Gasteiger partial charge < -0.3 is 34.1 Å². The fourth-order valence-corrected chi connectivity index (χ4v) is 6.51. The SMILES string of the molecule is CN(C)C1CN(c2ccc(-n3cc(C(=O)O)c(=O)c4cc(Cl)c(N5CCC[C@@H]5COc5nc6nc[nH]c6cc5Cl)cc43)cn2)C1. The molecule has 1 atom stereocenters. The standard InChI is InChI=1S/C31H30Cl2N8O4/c1-38(2)19-12-39(13-19)27-6-5-17(11-34-27)41-14-21(31(43)44)28(42)20-8-22(32)26(10-25(20)41)40-7-3-4-18(40)15-45-30-23(33)9-24-29(37-30)36-16-35-24/h5-6,8-11,14,16,18-19H,3-4,7,12-13,15H2,1-2H3,(H,43,44)(H,35,36,37)/t18-/m1/s1. The number of aromatic amines is 1. The maximum absolute atomic E-state index is 13.3. The number of H-pyrrole nitrogens is 1. The van der Waals surface area contributed by atoms with E-state index in [1.54, 1.807) is 29.2 Å². The highest BCUT2D eigenvalue weighted by Gasteiger charge is 2.30. The summed E-state index contributed by atoms with van der Waals surface area (Å²) in [6.45, 7) is 2.78. The lowest BCUT2D eigenvalue weighted by atomic mass is 10.1. The molecule has 2 aliphatic heterocycles. The number of halogens is 2. The number of hydrogen-bond acceptors (Lipinski definition) is 9. The summed E-state index contributed by atoms with van der Waals surface area (Å²) in [5, 5.41) is 10.8. The number of carbonyl (C=O) groups is 1. The zero-order valence-electron chi connectivity index (χ0n) is 24.6. The Hall–Kier alpha value is -4.39. The van der Waals surface area contributed by atoms with Crippen molar-refractivity contribution < 1.29 is 14.6 Å². The third kappa shape index (κ3) is 5.32. The zero-order chi connectivity index (χ0) is 31.4. The highest BCUT2D eigenvalue weighted by Crippen LogP contribution is 2.36. The van der Waals surface area contributed by atoms with Gasteiger partial charge in [-0.3, -0.25) is 4.79 Å². The Morgan fingerprint density at radius 2 is 1.98 bits per heavy atom. The van der Waals surface area contributed by atoms with E-state index < -0.39 is 11.4 Å². The number of carboxylic acids is 1.